The maximum atomic E-state index is 11.0. The van der Waals surface area contributed by atoms with Crippen LogP contribution in [0.3, 0.4) is 0 Å². The molecule has 5 heteroatoms. The molecule has 0 radical (unpaired) electrons. The number of fused-ring (bicyclic) bond motifs is 1. The first kappa shape index (κ1) is 12.3. The summed E-state index contributed by atoms with van der Waals surface area (Å²) in [4.78, 5) is 11.0. The fraction of sp³-hybridized carbons (Fsp3) is 0.133. The number of rotatable bonds is 3. The van der Waals surface area contributed by atoms with Crippen molar-refractivity contribution in [3.8, 4) is 11.5 Å². The summed E-state index contributed by atoms with van der Waals surface area (Å²) < 4.78 is 10.6. The van der Waals surface area contributed by atoms with E-state index in [4.69, 9.17) is 14.6 Å². The summed E-state index contributed by atoms with van der Waals surface area (Å²) >= 11 is 0. The van der Waals surface area contributed by atoms with Crippen molar-refractivity contribution < 1.29 is 19.4 Å². The van der Waals surface area contributed by atoms with Gasteiger partial charge in [0.2, 0.25) is 6.79 Å². The average Bonchev–Trinajstić information content (AvgIpc) is 2.88. The molecule has 0 fully saturated rings. The maximum absolute atomic E-state index is 11.0. The van der Waals surface area contributed by atoms with Gasteiger partial charge in [-0.1, -0.05) is 6.07 Å². The molecule has 0 aromatic heterocycles. The molecule has 0 amide bonds. The number of hydrogen-bond acceptors (Lipinski definition) is 4. The van der Waals surface area contributed by atoms with Crippen LogP contribution >= 0.6 is 0 Å². The first-order valence-corrected chi connectivity index (χ1v) is 6.14. The highest BCUT2D eigenvalue weighted by Crippen LogP contribution is 2.35. The number of carboxylic acids is 1. The summed E-state index contributed by atoms with van der Waals surface area (Å²) in [6.45, 7) is 2.15. The molecule has 0 spiro atoms. The lowest BCUT2D eigenvalue weighted by Crippen LogP contribution is -1.99. The highest BCUT2D eigenvalue weighted by atomic mass is 16.7. The van der Waals surface area contributed by atoms with Gasteiger partial charge in [0.15, 0.2) is 11.5 Å². The van der Waals surface area contributed by atoms with E-state index in [9.17, 15) is 4.79 Å². The van der Waals surface area contributed by atoms with Gasteiger partial charge in [0.1, 0.15) is 0 Å². The second kappa shape index (κ2) is 4.77. The van der Waals surface area contributed by atoms with Crippen molar-refractivity contribution in [1.29, 1.82) is 0 Å². The Hall–Kier alpha value is -2.69. The molecule has 1 heterocycles. The number of aryl methyl sites for hydroxylation is 1. The topological polar surface area (TPSA) is 67.8 Å². The quantitative estimate of drug-likeness (QED) is 0.897. The van der Waals surface area contributed by atoms with Gasteiger partial charge in [-0.3, -0.25) is 0 Å². The van der Waals surface area contributed by atoms with Crippen molar-refractivity contribution in [1.82, 2.24) is 0 Å². The van der Waals surface area contributed by atoms with Crippen molar-refractivity contribution in [2.24, 2.45) is 0 Å². The molecule has 0 unspecified atom stereocenters. The Labute approximate surface area is 115 Å². The molecule has 0 saturated heterocycles. The minimum atomic E-state index is -0.946. The second-order valence-electron chi connectivity index (χ2n) is 4.53. The lowest BCUT2D eigenvalue weighted by atomic mass is 10.1. The van der Waals surface area contributed by atoms with E-state index in [-0.39, 0.29) is 12.4 Å². The SMILES string of the molecule is Cc1ccc(C(=O)O)cc1Nc1ccc2c(c1)OCO2. The summed E-state index contributed by atoms with van der Waals surface area (Å²) in [5.41, 5.74) is 2.79. The zero-order chi connectivity index (χ0) is 14.1. The van der Waals surface area contributed by atoms with Crippen LogP contribution in [0.1, 0.15) is 15.9 Å². The fourth-order valence-electron chi connectivity index (χ4n) is 2.02. The van der Waals surface area contributed by atoms with Gasteiger partial charge >= 0.3 is 5.97 Å². The van der Waals surface area contributed by atoms with Gasteiger partial charge in [-0.15, -0.1) is 0 Å². The smallest absolute Gasteiger partial charge is 0.335 e. The first-order chi connectivity index (χ1) is 9.63. The average molecular weight is 271 g/mol. The van der Waals surface area contributed by atoms with Gasteiger partial charge in [-0.2, -0.15) is 0 Å². The van der Waals surface area contributed by atoms with E-state index in [1.165, 1.54) is 0 Å². The molecule has 2 aromatic rings. The Morgan fingerprint density at radius 3 is 2.75 bits per heavy atom. The highest BCUT2D eigenvalue weighted by molar-refractivity contribution is 5.89. The maximum Gasteiger partial charge on any atom is 0.335 e. The summed E-state index contributed by atoms with van der Waals surface area (Å²) in [5, 5.41) is 12.2. The number of nitrogens with one attached hydrogen (secondary N) is 1. The third-order valence-corrected chi connectivity index (χ3v) is 3.14. The van der Waals surface area contributed by atoms with Crippen LogP contribution < -0.4 is 14.8 Å². The van der Waals surface area contributed by atoms with Gasteiger partial charge in [0.25, 0.3) is 0 Å². The van der Waals surface area contributed by atoms with E-state index in [0.717, 1.165) is 16.9 Å². The van der Waals surface area contributed by atoms with E-state index in [1.807, 2.05) is 25.1 Å². The molecular weight excluding hydrogens is 258 g/mol. The van der Waals surface area contributed by atoms with Crippen LogP contribution in [0.4, 0.5) is 11.4 Å². The molecule has 1 aliphatic heterocycles. The van der Waals surface area contributed by atoms with E-state index in [2.05, 4.69) is 5.32 Å². The van der Waals surface area contributed by atoms with Crippen LogP contribution in [0.25, 0.3) is 0 Å². The van der Waals surface area contributed by atoms with Crippen molar-refractivity contribution in [3.63, 3.8) is 0 Å². The number of benzene rings is 2. The zero-order valence-electron chi connectivity index (χ0n) is 10.8. The largest absolute Gasteiger partial charge is 0.478 e. The third-order valence-electron chi connectivity index (χ3n) is 3.14. The minimum Gasteiger partial charge on any atom is -0.478 e. The summed E-state index contributed by atoms with van der Waals surface area (Å²) in [7, 11) is 0. The Morgan fingerprint density at radius 2 is 1.95 bits per heavy atom. The Bertz CT molecular complexity index is 682. The molecule has 0 bridgehead atoms. The van der Waals surface area contributed by atoms with Crippen LogP contribution in [0, 0.1) is 6.92 Å². The van der Waals surface area contributed by atoms with Gasteiger partial charge < -0.3 is 19.9 Å². The zero-order valence-corrected chi connectivity index (χ0v) is 10.8. The summed E-state index contributed by atoms with van der Waals surface area (Å²) in [5.74, 6) is 0.451. The molecule has 1 aliphatic rings. The molecule has 2 aromatic carbocycles. The molecule has 102 valence electrons. The van der Waals surface area contributed by atoms with E-state index in [1.54, 1.807) is 18.2 Å². The number of ether oxygens (including phenoxy) is 2. The van der Waals surface area contributed by atoms with Crippen LogP contribution in [-0.2, 0) is 0 Å². The van der Waals surface area contributed by atoms with Crippen molar-refractivity contribution in [2.45, 2.75) is 6.92 Å². The number of carbonyl (C=O) groups is 1. The van der Waals surface area contributed by atoms with Gasteiger partial charge in [-0.25, -0.2) is 4.79 Å². The predicted molar refractivity (Wildman–Crippen MR) is 74.0 cm³/mol. The molecule has 5 nitrogen and oxygen atoms in total. The number of anilines is 2. The van der Waals surface area contributed by atoms with Crippen molar-refractivity contribution >= 4 is 17.3 Å². The van der Waals surface area contributed by atoms with Crippen LogP contribution in [0.5, 0.6) is 11.5 Å². The molecule has 20 heavy (non-hydrogen) atoms. The number of aromatic carboxylic acids is 1. The summed E-state index contributed by atoms with van der Waals surface area (Å²) in [6, 6.07) is 10.5. The Kier molecular flexibility index (Phi) is 2.95. The molecule has 0 atom stereocenters. The number of carboxylic acid groups (broad SMARTS) is 1. The first-order valence-electron chi connectivity index (χ1n) is 6.14. The second-order valence-corrected chi connectivity index (χ2v) is 4.53. The summed E-state index contributed by atoms with van der Waals surface area (Å²) in [6.07, 6.45) is 0. The lowest BCUT2D eigenvalue weighted by molar-refractivity contribution is 0.0697. The molecule has 0 aliphatic carbocycles. The highest BCUT2D eigenvalue weighted by Gasteiger charge is 2.14. The molecule has 3 rings (SSSR count). The van der Waals surface area contributed by atoms with Crippen molar-refractivity contribution in [2.75, 3.05) is 12.1 Å². The molecule has 2 N–H and O–H groups in total. The van der Waals surface area contributed by atoms with Gasteiger partial charge in [-0.05, 0) is 36.8 Å². The van der Waals surface area contributed by atoms with Crippen LogP contribution in [0.15, 0.2) is 36.4 Å². The Balaban J connectivity index is 1.91. The minimum absolute atomic E-state index is 0.228. The monoisotopic (exact) mass is 271 g/mol. The molecular formula is C15H13NO4. The predicted octanol–water partition coefficient (Wildman–Crippen LogP) is 3.17. The molecule has 0 saturated carbocycles. The van der Waals surface area contributed by atoms with Gasteiger partial charge in [0.05, 0.1) is 5.56 Å². The van der Waals surface area contributed by atoms with Crippen LogP contribution in [-0.4, -0.2) is 17.9 Å². The van der Waals surface area contributed by atoms with Gasteiger partial charge in [0, 0.05) is 17.4 Å². The van der Waals surface area contributed by atoms with Crippen molar-refractivity contribution in [3.05, 3.63) is 47.5 Å². The third kappa shape index (κ3) is 2.25. The Morgan fingerprint density at radius 1 is 1.15 bits per heavy atom. The van der Waals surface area contributed by atoms with E-state index in [0.29, 0.717) is 11.5 Å². The standard InChI is InChI=1S/C15H13NO4/c1-9-2-3-10(15(17)18)6-12(9)16-11-4-5-13-14(7-11)20-8-19-13/h2-7,16H,8H2,1H3,(H,17,18). The van der Waals surface area contributed by atoms with E-state index < -0.39 is 5.97 Å². The van der Waals surface area contributed by atoms with Crippen LogP contribution in [0.2, 0.25) is 0 Å². The van der Waals surface area contributed by atoms with E-state index >= 15 is 0 Å². The normalized spacial score (nSPS) is 12.2. The number of hydrogen-bond donors (Lipinski definition) is 2. The fourth-order valence-corrected chi connectivity index (χ4v) is 2.02. The lowest BCUT2D eigenvalue weighted by Gasteiger charge is -2.11.